The summed E-state index contributed by atoms with van der Waals surface area (Å²) in [6, 6.07) is 0. The van der Waals surface area contributed by atoms with Crippen molar-refractivity contribution in [2.45, 2.75) is 52.9 Å². The number of hydrogen-bond donors (Lipinski definition) is 0. The minimum Gasteiger partial charge on any atom is -0.129 e. The van der Waals surface area contributed by atoms with E-state index in [0.717, 1.165) is 0 Å². The third-order valence-corrected chi connectivity index (χ3v) is 2.22. The molecule has 0 atom stereocenters. The molecule has 0 N–H and O–H groups in total. The van der Waals surface area contributed by atoms with Crippen molar-refractivity contribution in [2.75, 3.05) is 0 Å². The first-order chi connectivity index (χ1) is 5.72. The van der Waals surface area contributed by atoms with Crippen LogP contribution in [0.2, 0.25) is 0 Å². The molecular formula is C12H22. The van der Waals surface area contributed by atoms with E-state index in [-0.39, 0.29) is 0 Å². The van der Waals surface area contributed by atoms with Crippen LogP contribution in [0.5, 0.6) is 0 Å². The van der Waals surface area contributed by atoms with Gasteiger partial charge in [0, 0.05) is 0 Å². The van der Waals surface area contributed by atoms with Crippen molar-refractivity contribution in [3.05, 3.63) is 17.9 Å². The van der Waals surface area contributed by atoms with Crippen LogP contribution in [0, 0.1) is 5.92 Å². The predicted molar refractivity (Wildman–Crippen MR) is 56.3 cm³/mol. The summed E-state index contributed by atoms with van der Waals surface area (Å²) in [4.78, 5) is 0. The molecule has 0 heteroatoms. The summed E-state index contributed by atoms with van der Waals surface area (Å²) in [7, 11) is 0. The topological polar surface area (TPSA) is 0 Å². The maximum Gasteiger partial charge on any atom is -0.0184 e. The monoisotopic (exact) mass is 166 g/mol. The van der Waals surface area contributed by atoms with E-state index in [9.17, 15) is 0 Å². The first-order valence-corrected chi connectivity index (χ1v) is 5.11. The highest BCUT2D eigenvalue weighted by atomic mass is 14.1. The average Bonchev–Trinajstić information content (AvgIpc) is 2.04. The minimum absolute atomic E-state index is 0.629. The molecule has 0 radical (unpaired) electrons. The Bertz CT molecular complexity index is 147. The second kappa shape index (κ2) is 7.18. The molecule has 0 rings (SSSR count). The maximum absolute atomic E-state index is 3.72. The average molecular weight is 166 g/mol. The Morgan fingerprint density at radius 3 is 2.33 bits per heavy atom. The number of rotatable bonds is 6. The first-order valence-electron chi connectivity index (χ1n) is 5.11. The predicted octanol–water partition coefficient (Wildman–Crippen LogP) is 4.32. The van der Waals surface area contributed by atoms with Crippen molar-refractivity contribution in [2.24, 2.45) is 5.92 Å². The first kappa shape index (κ1) is 11.5. The third kappa shape index (κ3) is 5.21. The van der Waals surface area contributed by atoms with Crippen LogP contribution in [-0.2, 0) is 0 Å². The zero-order valence-electron chi connectivity index (χ0n) is 8.82. The van der Waals surface area contributed by atoms with Crippen LogP contribution in [0.15, 0.2) is 17.9 Å². The summed E-state index contributed by atoms with van der Waals surface area (Å²) in [5.74, 6) is 0.629. The van der Waals surface area contributed by atoms with Gasteiger partial charge in [0.2, 0.25) is 0 Å². The van der Waals surface area contributed by atoms with Gasteiger partial charge in [-0.15, -0.1) is 5.73 Å². The van der Waals surface area contributed by atoms with Crippen LogP contribution >= 0.6 is 0 Å². The molecule has 0 aromatic heterocycles. The zero-order valence-corrected chi connectivity index (χ0v) is 8.82. The Morgan fingerprint density at radius 1 is 1.25 bits per heavy atom. The highest BCUT2D eigenvalue weighted by Gasteiger charge is 2.00. The Balaban J connectivity index is 3.54. The molecule has 0 saturated heterocycles. The Hall–Kier alpha value is -0.480. The van der Waals surface area contributed by atoms with E-state index < -0.39 is 0 Å². The molecule has 0 fully saturated rings. The molecule has 0 aromatic carbocycles. The summed E-state index contributed by atoms with van der Waals surface area (Å²) < 4.78 is 0. The molecule has 0 aliphatic carbocycles. The van der Waals surface area contributed by atoms with Gasteiger partial charge in [-0.05, 0) is 24.3 Å². The van der Waals surface area contributed by atoms with Crippen molar-refractivity contribution in [1.82, 2.24) is 0 Å². The second-order valence-electron chi connectivity index (χ2n) is 3.67. The van der Waals surface area contributed by atoms with Gasteiger partial charge in [-0.25, -0.2) is 0 Å². The minimum atomic E-state index is 0.629. The molecule has 0 spiro atoms. The molecule has 0 aromatic rings. The van der Waals surface area contributed by atoms with Crippen molar-refractivity contribution >= 4 is 0 Å². The fourth-order valence-corrected chi connectivity index (χ4v) is 1.32. The van der Waals surface area contributed by atoms with Crippen LogP contribution in [-0.4, -0.2) is 0 Å². The summed E-state index contributed by atoms with van der Waals surface area (Å²) >= 11 is 0. The molecular weight excluding hydrogens is 144 g/mol. The molecule has 0 bridgehead atoms. The van der Waals surface area contributed by atoms with Gasteiger partial charge >= 0.3 is 0 Å². The van der Waals surface area contributed by atoms with E-state index in [1.807, 2.05) is 0 Å². The fourth-order valence-electron chi connectivity index (χ4n) is 1.32. The fraction of sp³-hybridized carbons (Fsp3) is 0.750. The van der Waals surface area contributed by atoms with Gasteiger partial charge in [0.15, 0.2) is 0 Å². The van der Waals surface area contributed by atoms with E-state index in [0.29, 0.717) is 5.92 Å². The summed E-state index contributed by atoms with van der Waals surface area (Å²) in [5.41, 5.74) is 4.44. The van der Waals surface area contributed by atoms with Gasteiger partial charge in [-0.2, -0.15) is 0 Å². The summed E-state index contributed by atoms with van der Waals surface area (Å²) in [5, 5.41) is 0. The lowest BCUT2D eigenvalue weighted by Crippen LogP contribution is -1.92. The molecule has 0 aliphatic rings. The highest BCUT2D eigenvalue weighted by Crippen LogP contribution is 2.16. The number of unbranched alkanes of at least 4 members (excludes halogenated alkanes) is 3. The van der Waals surface area contributed by atoms with E-state index in [1.54, 1.807) is 0 Å². The van der Waals surface area contributed by atoms with E-state index in [2.05, 4.69) is 33.1 Å². The van der Waals surface area contributed by atoms with E-state index in [1.165, 1.54) is 37.7 Å². The van der Waals surface area contributed by atoms with Crippen molar-refractivity contribution in [1.29, 1.82) is 0 Å². The molecule has 0 amide bonds. The van der Waals surface area contributed by atoms with Crippen LogP contribution in [0.1, 0.15) is 52.9 Å². The van der Waals surface area contributed by atoms with Gasteiger partial charge in [-0.1, -0.05) is 46.6 Å². The SMILES string of the molecule is C=C=C(CCCCCC)C(C)C. The number of allylic oxidation sites excluding steroid dienone is 1. The lowest BCUT2D eigenvalue weighted by Gasteiger charge is -2.07. The lowest BCUT2D eigenvalue weighted by atomic mass is 9.98. The normalized spacial score (nSPS) is 10.0. The Kier molecular flexibility index (Phi) is 6.90. The molecule has 70 valence electrons. The highest BCUT2D eigenvalue weighted by molar-refractivity contribution is 5.01. The molecule has 0 saturated carbocycles. The van der Waals surface area contributed by atoms with Crippen LogP contribution in [0.3, 0.4) is 0 Å². The van der Waals surface area contributed by atoms with Gasteiger partial charge in [0.05, 0.1) is 0 Å². The van der Waals surface area contributed by atoms with Gasteiger partial charge < -0.3 is 0 Å². The maximum atomic E-state index is 3.72. The molecule has 0 nitrogen and oxygen atoms in total. The molecule has 0 aliphatic heterocycles. The van der Waals surface area contributed by atoms with Crippen molar-refractivity contribution in [3.8, 4) is 0 Å². The zero-order chi connectivity index (χ0) is 9.40. The van der Waals surface area contributed by atoms with E-state index >= 15 is 0 Å². The molecule has 0 heterocycles. The Labute approximate surface area is 77.4 Å². The van der Waals surface area contributed by atoms with Gasteiger partial charge in [0.25, 0.3) is 0 Å². The smallest absolute Gasteiger partial charge is 0.0184 e. The van der Waals surface area contributed by atoms with Crippen LogP contribution in [0.4, 0.5) is 0 Å². The standard InChI is InChI=1S/C12H22/c1-5-7-8-9-10-12(6-2)11(3)4/h11H,2,5,7-10H2,1,3-4H3. The van der Waals surface area contributed by atoms with Crippen molar-refractivity contribution in [3.63, 3.8) is 0 Å². The quantitative estimate of drug-likeness (QED) is 0.407. The molecule has 0 unspecified atom stereocenters. The second-order valence-corrected chi connectivity index (χ2v) is 3.67. The van der Waals surface area contributed by atoms with Gasteiger partial charge in [-0.3, -0.25) is 0 Å². The largest absolute Gasteiger partial charge is 0.129 e. The summed E-state index contributed by atoms with van der Waals surface area (Å²) in [6.45, 7) is 10.4. The lowest BCUT2D eigenvalue weighted by molar-refractivity contribution is 0.626. The summed E-state index contributed by atoms with van der Waals surface area (Å²) in [6.07, 6.45) is 6.54. The van der Waals surface area contributed by atoms with Crippen molar-refractivity contribution < 1.29 is 0 Å². The molecule has 12 heavy (non-hydrogen) atoms. The number of hydrogen-bond acceptors (Lipinski definition) is 0. The van der Waals surface area contributed by atoms with Crippen LogP contribution in [0.25, 0.3) is 0 Å². The van der Waals surface area contributed by atoms with E-state index in [4.69, 9.17) is 0 Å². The van der Waals surface area contributed by atoms with Crippen LogP contribution < -0.4 is 0 Å². The van der Waals surface area contributed by atoms with Gasteiger partial charge in [0.1, 0.15) is 0 Å². The third-order valence-electron chi connectivity index (χ3n) is 2.22. The Morgan fingerprint density at radius 2 is 1.92 bits per heavy atom.